The van der Waals surface area contributed by atoms with Gasteiger partial charge >= 0.3 is 5.97 Å². The number of hydrogen-bond donors (Lipinski definition) is 1. The van der Waals surface area contributed by atoms with E-state index in [0.29, 0.717) is 28.5 Å². The molecule has 5 aliphatic rings. The fourth-order valence-electron chi connectivity index (χ4n) is 7.45. The van der Waals surface area contributed by atoms with Gasteiger partial charge in [0.25, 0.3) is 11.8 Å². The van der Waals surface area contributed by atoms with Crippen LogP contribution >= 0.6 is 0 Å². The van der Waals surface area contributed by atoms with Crippen LogP contribution in [0.5, 0.6) is 0 Å². The van der Waals surface area contributed by atoms with Crippen molar-refractivity contribution < 1.29 is 29.2 Å². The number of hydroxylamine groups is 2. The summed E-state index contributed by atoms with van der Waals surface area (Å²) in [6, 6.07) is 0. The number of oxime groups is 1. The zero-order chi connectivity index (χ0) is 24.3. The Morgan fingerprint density at radius 2 is 1.79 bits per heavy atom. The van der Waals surface area contributed by atoms with Crippen LogP contribution in [-0.4, -0.2) is 45.9 Å². The summed E-state index contributed by atoms with van der Waals surface area (Å²) in [5.41, 5.74) is 1.37. The van der Waals surface area contributed by atoms with Gasteiger partial charge in [0.05, 0.1) is 5.60 Å². The molecule has 184 valence electrons. The molecular weight excluding hydrogens is 436 g/mol. The highest BCUT2D eigenvalue weighted by atomic mass is 16.7. The third-order valence-corrected chi connectivity index (χ3v) is 9.68. The molecule has 1 saturated heterocycles. The fourth-order valence-corrected chi connectivity index (χ4v) is 7.45. The summed E-state index contributed by atoms with van der Waals surface area (Å²) >= 11 is 0. The Labute approximate surface area is 200 Å². The number of carbonyl (C=O) groups excluding carboxylic acids is 3. The topological polar surface area (TPSA) is 106 Å². The van der Waals surface area contributed by atoms with Crippen LogP contribution < -0.4 is 0 Å². The number of aliphatic hydroxyl groups is 1. The second-order valence-electron chi connectivity index (χ2n) is 11.3. The highest BCUT2D eigenvalue weighted by Crippen LogP contribution is 2.66. The summed E-state index contributed by atoms with van der Waals surface area (Å²) < 4.78 is 0. The van der Waals surface area contributed by atoms with Gasteiger partial charge in [-0.1, -0.05) is 30.7 Å². The zero-order valence-electron chi connectivity index (χ0n) is 20.2. The Hall–Kier alpha value is -2.48. The molecule has 0 spiro atoms. The van der Waals surface area contributed by atoms with E-state index < -0.39 is 30.0 Å². The maximum Gasteiger partial charge on any atom is 0.373 e. The van der Waals surface area contributed by atoms with Crippen LogP contribution in [0.3, 0.4) is 0 Å². The van der Waals surface area contributed by atoms with Crippen molar-refractivity contribution in [3.8, 4) is 0 Å². The predicted molar refractivity (Wildman–Crippen MR) is 123 cm³/mol. The van der Waals surface area contributed by atoms with Gasteiger partial charge < -0.3 is 14.8 Å². The van der Waals surface area contributed by atoms with Gasteiger partial charge in [-0.15, -0.1) is 5.06 Å². The average Bonchev–Trinajstić information content (AvgIpc) is 3.23. The Morgan fingerprint density at radius 3 is 2.53 bits per heavy atom. The monoisotopic (exact) mass is 470 g/mol. The first-order valence-electron chi connectivity index (χ1n) is 12.4. The van der Waals surface area contributed by atoms with Crippen molar-refractivity contribution in [1.29, 1.82) is 0 Å². The van der Waals surface area contributed by atoms with Gasteiger partial charge in [-0.05, 0) is 80.8 Å². The highest BCUT2D eigenvalue weighted by Gasteiger charge is 2.62. The van der Waals surface area contributed by atoms with Crippen molar-refractivity contribution in [2.24, 2.45) is 33.7 Å². The molecule has 4 aliphatic carbocycles. The molecule has 5 rings (SSSR count). The minimum Gasteiger partial charge on any atom is -0.390 e. The van der Waals surface area contributed by atoms with Gasteiger partial charge in [-0.2, -0.15) is 0 Å². The van der Waals surface area contributed by atoms with Crippen molar-refractivity contribution in [1.82, 2.24) is 5.06 Å². The van der Waals surface area contributed by atoms with Crippen molar-refractivity contribution in [2.75, 3.05) is 6.61 Å². The minimum atomic E-state index is -0.844. The molecule has 0 bridgehead atoms. The maximum absolute atomic E-state index is 11.9. The number of imide groups is 1. The molecule has 2 amide bonds. The normalized spacial score (nSPS) is 42.2. The maximum atomic E-state index is 11.9. The molecule has 34 heavy (non-hydrogen) atoms. The van der Waals surface area contributed by atoms with Crippen LogP contribution in [0.1, 0.15) is 72.1 Å². The molecule has 0 radical (unpaired) electrons. The highest BCUT2D eigenvalue weighted by molar-refractivity contribution is 6.05. The lowest BCUT2D eigenvalue weighted by Crippen LogP contribution is -2.53. The van der Waals surface area contributed by atoms with Gasteiger partial charge in [-0.25, -0.2) is 4.79 Å². The standard InChI is InChI=1S/C26H34N2O6/c1-24-11-8-17(27-33-15-23(31)34-28-21(29)6-7-22(28)30)14-16(24)4-5-18-19(24)9-12-25(2)20(18)10-13-26(25,3)32/h8,11,14,18-20,32H,4-7,9-10,12-13,15H2,1-3H3/b27-17-/t18-,19+,20+,24+,25+,26+/m1/s1. The Balaban J connectivity index is 1.23. The number of hydrogen-bond acceptors (Lipinski definition) is 7. The van der Waals surface area contributed by atoms with Crippen LogP contribution in [0, 0.1) is 28.6 Å². The van der Waals surface area contributed by atoms with Crippen molar-refractivity contribution in [2.45, 2.75) is 77.7 Å². The van der Waals surface area contributed by atoms with Crippen LogP contribution in [0.25, 0.3) is 0 Å². The molecule has 6 atom stereocenters. The number of amides is 2. The molecule has 8 nitrogen and oxygen atoms in total. The molecule has 1 aliphatic heterocycles. The quantitative estimate of drug-likeness (QED) is 0.498. The Bertz CT molecular complexity index is 997. The summed E-state index contributed by atoms with van der Waals surface area (Å²) in [6.45, 7) is 6.16. The second-order valence-corrected chi connectivity index (χ2v) is 11.3. The van der Waals surface area contributed by atoms with Crippen molar-refractivity contribution in [3.05, 3.63) is 23.8 Å². The summed E-state index contributed by atoms with van der Waals surface area (Å²) in [7, 11) is 0. The molecule has 0 aromatic rings. The van der Waals surface area contributed by atoms with Crippen molar-refractivity contribution >= 4 is 23.5 Å². The molecule has 1 N–H and O–H groups in total. The molecule has 0 unspecified atom stereocenters. The third-order valence-electron chi connectivity index (χ3n) is 9.68. The molecule has 8 heteroatoms. The van der Waals surface area contributed by atoms with Gasteiger partial charge in [0, 0.05) is 18.3 Å². The number of carbonyl (C=O) groups is 3. The fraction of sp³-hybridized carbons (Fsp3) is 0.692. The lowest BCUT2D eigenvalue weighted by Gasteiger charge is -2.58. The van der Waals surface area contributed by atoms with Crippen LogP contribution in [0.4, 0.5) is 0 Å². The van der Waals surface area contributed by atoms with Gasteiger partial charge in [-0.3, -0.25) is 9.59 Å². The molecule has 0 aromatic heterocycles. The predicted octanol–water partition coefficient (Wildman–Crippen LogP) is 3.46. The van der Waals surface area contributed by atoms with E-state index in [0.717, 1.165) is 38.5 Å². The second kappa shape index (κ2) is 8.04. The minimum absolute atomic E-state index is 0.00346. The lowest BCUT2D eigenvalue weighted by molar-refractivity contribution is -0.200. The van der Waals surface area contributed by atoms with E-state index in [1.165, 1.54) is 5.57 Å². The van der Waals surface area contributed by atoms with E-state index in [-0.39, 0.29) is 23.7 Å². The van der Waals surface area contributed by atoms with Gasteiger partial charge in [0.2, 0.25) is 6.61 Å². The number of allylic oxidation sites excluding steroid dienone is 4. The van der Waals surface area contributed by atoms with Crippen LogP contribution in [0.15, 0.2) is 29.0 Å². The first-order chi connectivity index (χ1) is 16.0. The van der Waals surface area contributed by atoms with E-state index in [1.807, 2.05) is 13.0 Å². The molecule has 3 saturated carbocycles. The van der Waals surface area contributed by atoms with E-state index in [2.05, 4.69) is 31.2 Å². The number of rotatable bonds is 4. The molecule has 0 aromatic carbocycles. The first kappa shape index (κ1) is 23.3. The SMILES string of the molecule is C[C@]12C=C/C(=N/OCC(=O)ON3C(=O)CCC3=O)C=C1CC[C@@H]1[C@@H]2CC[C@@]2(C)[C@H]1CC[C@]2(C)O. The van der Waals surface area contributed by atoms with E-state index in [1.54, 1.807) is 0 Å². The molecule has 1 heterocycles. The average molecular weight is 471 g/mol. The van der Waals surface area contributed by atoms with E-state index in [4.69, 9.17) is 9.68 Å². The summed E-state index contributed by atoms with van der Waals surface area (Å²) in [4.78, 5) is 45.0. The lowest BCUT2D eigenvalue weighted by atomic mass is 9.47. The third kappa shape index (κ3) is 3.53. The molecule has 4 fully saturated rings. The Morgan fingerprint density at radius 1 is 1.09 bits per heavy atom. The number of fused-ring (bicyclic) bond motifs is 5. The Kier molecular flexibility index (Phi) is 5.50. The van der Waals surface area contributed by atoms with E-state index >= 15 is 0 Å². The van der Waals surface area contributed by atoms with Gasteiger partial charge in [0.15, 0.2) is 0 Å². The summed E-state index contributed by atoms with van der Waals surface area (Å²) in [5, 5.41) is 15.7. The first-order valence-corrected chi connectivity index (χ1v) is 12.4. The summed E-state index contributed by atoms with van der Waals surface area (Å²) in [5.74, 6) is -0.175. The van der Waals surface area contributed by atoms with Crippen LogP contribution in [-0.2, 0) is 24.1 Å². The smallest absolute Gasteiger partial charge is 0.373 e. The van der Waals surface area contributed by atoms with Crippen molar-refractivity contribution in [3.63, 3.8) is 0 Å². The molecular formula is C26H34N2O6. The van der Waals surface area contributed by atoms with E-state index in [9.17, 15) is 19.5 Å². The van der Waals surface area contributed by atoms with Crippen LogP contribution in [0.2, 0.25) is 0 Å². The number of nitrogens with zero attached hydrogens (tertiary/aromatic N) is 2. The zero-order valence-corrected chi connectivity index (χ0v) is 20.2. The summed E-state index contributed by atoms with van der Waals surface area (Å²) in [6.07, 6.45) is 12.6. The van der Waals surface area contributed by atoms with Gasteiger partial charge in [0.1, 0.15) is 5.71 Å². The largest absolute Gasteiger partial charge is 0.390 e.